The standard InChI is InChI=1S/C34H49N3O7/c1-39-16-5-14-36-15-17-42-30-11-8-27(20-29(30)36)24-43-31-21-35-22-32(44-25-33(38)37-12-3-4-13-37)34(31)28-9-6-26(7-10-28)23-41-19-18-40-2/h6-11,20,31-32,34-35H,3-5,12-19,21-25H2,1-2H3/t31-,32+,34?/m0/s1. The maximum Gasteiger partial charge on any atom is 0.248 e. The summed E-state index contributed by atoms with van der Waals surface area (Å²) in [7, 11) is 3.41. The topological polar surface area (TPSA) is 91.0 Å². The van der Waals surface area contributed by atoms with E-state index < -0.39 is 0 Å². The molecule has 3 atom stereocenters. The first-order valence-corrected chi connectivity index (χ1v) is 16.0. The van der Waals surface area contributed by atoms with Crippen LogP contribution in [0, 0.1) is 0 Å². The maximum atomic E-state index is 12.8. The van der Waals surface area contributed by atoms with Gasteiger partial charge in [-0.05, 0) is 48.1 Å². The number of carbonyl (C=O) groups is 1. The number of amides is 1. The maximum absolute atomic E-state index is 12.8. The first-order valence-electron chi connectivity index (χ1n) is 16.0. The number of piperidine rings is 1. The van der Waals surface area contributed by atoms with E-state index in [1.54, 1.807) is 14.2 Å². The Labute approximate surface area is 261 Å². The predicted octanol–water partition coefficient (Wildman–Crippen LogP) is 3.36. The zero-order valence-electron chi connectivity index (χ0n) is 26.3. The van der Waals surface area contributed by atoms with Crippen LogP contribution in [0.15, 0.2) is 42.5 Å². The minimum atomic E-state index is -0.197. The highest BCUT2D eigenvalue weighted by Gasteiger charge is 2.37. The molecule has 1 unspecified atom stereocenters. The van der Waals surface area contributed by atoms with E-state index in [1.807, 2.05) is 4.90 Å². The minimum absolute atomic E-state index is 0.0300. The molecular formula is C34H49N3O7. The van der Waals surface area contributed by atoms with E-state index in [-0.39, 0.29) is 30.6 Å². The van der Waals surface area contributed by atoms with Crippen molar-refractivity contribution >= 4 is 11.6 Å². The number of methoxy groups -OCH3 is 2. The molecule has 10 heteroatoms. The second-order valence-electron chi connectivity index (χ2n) is 11.7. The highest BCUT2D eigenvalue weighted by Crippen LogP contribution is 2.35. The molecule has 3 aliphatic rings. The highest BCUT2D eigenvalue weighted by molar-refractivity contribution is 5.77. The third-order valence-corrected chi connectivity index (χ3v) is 8.66. The molecule has 3 aliphatic heterocycles. The summed E-state index contributed by atoms with van der Waals surface area (Å²) in [5.74, 6) is 0.953. The Morgan fingerprint density at radius 2 is 1.64 bits per heavy atom. The second-order valence-corrected chi connectivity index (χ2v) is 11.7. The summed E-state index contributed by atoms with van der Waals surface area (Å²) < 4.78 is 35.0. The van der Waals surface area contributed by atoms with Gasteiger partial charge in [0.2, 0.25) is 5.91 Å². The van der Waals surface area contributed by atoms with Gasteiger partial charge in [0.05, 0.1) is 50.9 Å². The molecule has 0 radical (unpaired) electrons. The summed E-state index contributed by atoms with van der Waals surface area (Å²) >= 11 is 0. The molecule has 0 bridgehead atoms. The normalized spacial score (nSPS) is 21.7. The SMILES string of the molecule is COCCCN1CCOc2ccc(CO[C@H]3CNC[C@@H](OCC(=O)N4CCCC4)C3c3ccc(COCCOC)cc3)cc21. The first kappa shape index (κ1) is 32.7. The van der Waals surface area contributed by atoms with Crippen molar-refractivity contribution in [2.45, 2.75) is 50.6 Å². The van der Waals surface area contributed by atoms with Crippen molar-refractivity contribution in [2.75, 3.05) is 91.4 Å². The number of nitrogens with one attached hydrogen (secondary N) is 1. The van der Waals surface area contributed by atoms with Gasteiger partial charge in [0.15, 0.2) is 0 Å². The molecule has 1 amide bonds. The number of carbonyl (C=O) groups excluding carboxylic acids is 1. The van der Waals surface area contributed by atoms with Gasteiger partial charge in [0.25, 0.3) is 0 Å². The molecule has 0 aromatic heterocycles. The van der Waals surface area contributed by atoms with Gasteiger partial charge in [0, 0.05) is 59.5 Å². The number of nitrogens with zero attached hydrogens (tertiary/aromatic N) is 2. The molecule has 242 valence electrons. The Bertz CT molecular complexity index is 1160. The van der Waals surface area contributed by atoms with Crippen molar-refractivity contribution in [2.24, 2.45) is 0 Å². The molecule has 1 N–H and O–H groups in total. The summed E-state index contributed by atoms with van der Waals surface area (Å²) in [4.78, 5) is 17.1. The van der Waals surface area contributed by atoms with Gasteiger partial charge >= 0.3 is 0 Å². The fraction of sp³-hybridized carbons (Fsp3) is 0.618. The van der Waals surface area contributed by atoms with Gasteiger partial charge in [-0.2, -0.15) is 0 Å². The number of rotatable bonds is 16. The number of likely N-dealkylation sites (tertiary alicyclic amines) is 1. The van der Waals surface area contributed by atoms with E-state index in [9.17, 15) is 4.79 Å². The summed E-state index contributed by atoms with van der Waals surface area (Å²) in [6.07, 6.45) is 2.76. The molecular weight excluding hydrogens is 562 g/mol. The fourth-order valence-electron chi connectivity index (χ4n) is 6.26. The quantitative estimate of drug-likeness (QED) is 0.287. The van der Waals surface area contributed by atoms with Crippen LogP contribution in [0.1, 0.15) is 41.9 Å². The number of hydrogen-bond acceptors (Lipinski definition) is 9. The molecule has 0 saturated carbocycles. The lowest BCUT2D eigenvalue weighted by molar-refractivity contribution is -0.139. The van der Waals surface area contributed by atoms with Crippen molar-refractivity contribution < 1.29 is 33.2 Å². The van der Waals surface area contributed by atoms with Crippen molar-refractivity contribution in [3.05, 3.63) is 59.2 Å². The Hall–Kier alpha value is -2.73. The summed E-state index contributed by atoms with van der Waals surface area (Å²) in [6, 6.07) is 14.8. The summed E-state index contributed by atoms with van der Waals surface area (Å²) in [5, 5.41) is 3.50. The molecule has 10 nitrogen and oxygen atoms in total. The molecule has 2 fully saturated rings. The van der Waals surface area contributed by atoms with Crippen LogP contribution in [0.2, 0.25) is 0 Å². The smallest absolute Gasteiger partial charge is 0.248 e. The number of hydrogen-bond donors (Lipinski definition) is 1. The summed E-state index contributed by atoms with van der Waals surface area (Å²) in [5.41, 5.74) is 4.44. The zero-order chi connectivity index (χ0) is 30.6. The summed E-state index contributed by atoms with van der Waals surface area (Å²) in [6.45, 7) is 8.43. The van der Waals surface area contributed by atoms with Crippen molar-refractivity contribution in [3.63, 3.8) is 0 Å². The first-order chi connectivity index (χ1) is 21.7. The van der Waals surface area contributed by atoms with Crippen LogP contribution in [-0.2, 0) is 41.7 Å². The predicted molar refractivity (Wildman–Crippen MR) is 168 cm³/mol. The van der Waals surface area contributed by atoms with Gasteiger partial charge in [-0.25, -0.2) is 0 Å². The zero-order valence-corrected chi connectivity index (χ0v) is 26.3. The van der Waals surface area contributed by atoms with Crippen LogP contribution >= 0.6 is 0 Å². The molecule has 0 aliphatic carbocycles. The van der Waals surface area contributed by atoms with Crippen LogP contribution in [0.4, 0.5) is 5.69 Å². The third kappa shape index (κ3) is 8.93. The van der Waals surface area contributed by atoms with E-state index in [1.165, 1.54) is 0 Å². The van der Waals surface area contributed by atoms with Crippen LogP contribution in [0.3, 0.4) is 0 Å². The fourth-order valence-corrected chi connectivity index (χ4v) is 6.26. The van der Waals surface area contributed by atoms with E-state index in [2.05, 4.69) is 52.7 Å². The van der Waals surface area contributed by atoms with E-state index in [4.69, 9.17) is 28.4 Å². The van der Waals surface area contributed by atoms with Crippen LogP contribution in [0.5, 0.6) is 5.75 Å². The molecule has 5 rings (SSSR count). The van der Waals surface area contributed by atoms with E-state index in [0.717, 1.165) is 80.2 Å². The van der Waals surface area contributed by atoms with Crippen molar-refractivity contribution in [1.82, 2.24) is 10.2 Å². The molecule has 2 aromatic rings. The lowest BCUT2D eigenvalue weighted by atomic mass is 9.85. The number of benzene rings is 2. The Morgan fingerprint density at radius 1 is 0.886 bits per heavy atom. The molecule has 2 saturated heterocycles. The van der Waals surface area contributed by atoms with Gasteiger partial charge in [0.1, 0.15) is 19.0 Å². The average Bonchev–Trinajstić information content (AvgIpc) is 3.61. The Morgan fingerprint density at radius 3 is 2.41 bits per heavy atom. The molecule has 3 heterocycles. The lowest BCUT2D eigenvalue weighted by Gasteiger charge is -2.39. The van der Waals surface area contributed by atoms with Crippen LogP contribution in [0.25, 0.3) is 0 Å². The lowest BCUT2D eigenvalue weighted by Crippen LogP contribution is -2.51. The van der Waals surface area contributed by atoms with Crippen LogP contribution in [-0.4, -0.2) is 110 Å². The van der Waals surface area contributed by atoms with E-state index in [0.29, 0.717) is 46.1 Å². The number of fused-ring (bicyclic) bond motifs is 1. The van der Waals surface area contributed by atoms with Gasteiger partial charge in [-0.15, -0.1) is 0 Å². The molecule has 0 spiro atoms. The van der Waals surface area contributed by atoms with Gasteiger partial charge in [-0.1, -0.05) is 30.3 Å². The molecule has 2 aromatic carbocycles. The van der Waals surface area contributed by atoms with E-state index >= 15 is 0 Å². The second kappa shape index (κ2) is 17.1. The Kier molecular flexibility index (Phi) is 12.7. The number of ether oxygens (including phenoxy) is 6. The van der Waals surface area contributed by atoms with Gasteiger partial charge in [-0.3, -0.25) is 4.79 Å². The van der Waals surface area contributed by atoms with Gasteiger partial charge < -0.3 is 43.5 Å². The Balaban J connectivity index is 1.28. The minimum Gasteiger partial charge on any atom is -0.490 e. The highest BCUT2D eigenvalue weighted by atomic mass is 16.5. The molecule has 44 heavy (non-hydrogen) atoms. The van der Waals surface area contributed by atoms with Crippen molar-refractivity contribution in [3.8, 4) is 5.75 Å². The number of anilines is 1. The average molecular weight is 612 g/mol. The monoisotopic (exact) mass is 611 g/mol. The van der Waals surface area contributed by atoms with Crippen LogP contribution < -0.4 is 15.0 Å². The largest absolute Gasteiger partial charge is 0.490 e. The van der Waals surface area contributed by atoms with Crippen molar-refractivity contribution in [1.29, 1.82) is 0 Å². The third-order valence-electron chi connectivity index (χ3n) is 8.66.